The van der Waals surface area contributed by atoms with E-state index in [9.17, 15) is 4.39 Å². The molecule has 3 rings (SSSR count). The lowest BCUT2D eigenvalue weighted by molar-refractivity contribution is 0.0384. The van der Waals surface area contributed by atoms with E-state index in [1.54, 1.807) is 25.3 Å². The van der Waals surface area contributed by atoms with Gasteiger partial charge < -0.3 is 19.5 Å². The third-order valence-corrected chi connectivity index (χ3v) is 5.25. The number of hydrogen-bond acceptors (Lipinski definition) is 5. The topological polar surface area (TPSA) is 43.0 Å². The number of ether oxygens (including phenoxy) is 3. The predicted molar refractivity (Wildman–Crippen MR) is 125 cm³/mol. The first-order valence-corrected chi connectivity index (χ1v) is 10.2. The molecule has 1 saturated heterocycles. The van der Waals surface area contributed by atoms with Crippen molar-refractivity contribution in [3.63, 3.8) is 0 Å². The van der Waals surface area contributed by atoms with Crippen LogP contribution in [0.2, 0.25) is 0 Å². The Balaban J connectivity index is 0.00000225. The molecule has 168 valence electrons. The molecule has 1 fully saturated rings. The third-order valence-electron chi connectivity index (χ3n) is 4.66. The Hall–Kier alpha value is -1.09. The molecule has 0 spiro atoms. The van der Waals surface area contributed by atoms with Gasteiger partial charge in [0, 0.05) is 38.3 Å². The molecule has 1 heterocycles. The number of rotatable bonds is 9. The summed E-state index contributed by atoms with van der Waals surface area (Å²) < 4.78 is 31.3. The molecule has 1 aliphatic heterocycles. The van der Waals surface area contributed by atoms with E-state index < -0.39 is 0 Å². The number of morpholine rings is 1. The van der Waals surface area contributed by atoms with Crippen LogP contribution >= 0.6 is 40.7 Å². The van der Waals surface area contributed by atoms with Gasteiger partial charge in [-0.2, -0.15) is 0 Å². The lowest BCUT2D eigenvalue weighted by Gasteiger charge is -2.26. The summed E-state index contributed by atoms with van der Waals surface area (Å²) in [5, 5.41) is 3.46. The fourth-order valence-electron chi connectivity index (χ4n) is 3.08. The second-order valence-corrected chi connectivity index (χ2v) is 7.47. The molecule has 1 aliphatic rings. The molecule has 5 nitrogen and oxygen atoms in total. The summed E-state index contributed by atoms with van der Waals surface area (Å²) in [6.45, 7) is 6.41. The quantitative estimate of drug-likeness (QED) is 0.490. The van der Waals surface area contributed by atoms with Crippen LogP contribution in [0.4, 0.5) is 4.39 Å². The van der Waals surface area contributed by atoms with Crippen molar-refractivity contribution in [1.82, 2.24) is 10.2 Å². The van der Waals surface area contributed by atoms with E-state index >= 15 is 0 Å². The van der Waals surface area contributed by atoms with Crippen LogP contribution in [0.5, 0.6) is 11.5 Å². The highest BCUT2D eigenvalue weighted by molar-refractivity contribution is 9.10. The molecule has 0 bridgehead atoms. The number of halogens is 4. The van der Waals surface area contributed by atoms with Crippen molar-refractivity contribution in [2.24, 2.45) is 0 Å². The van der Waals surface area contributed by atoms with Crippen LogP contribution < -0.4 is 14.8 Å². The Kier molecular flexibility index (Phi) is 12.6. The number of nitrogens with zero attached hydrogens (tertiary/aromatic N) is 1. The number of nitrogens with one attached hydrogen (secondary N) is 1. The molecular weight excluding hydrogens is 498 g/mol. The van der Waals surface area contributed by atoms with Gasteiger partial charge in [0.15, 0.2) is 11.5 Å². The second kappa shape index (κ2) is 14.1. The van der Waals surface area contributed by atoms with Crippen LogP contribution in [-0.2, 0) is 17.9 Å². The number of methoxy groups -OCH3 is 1. The van der Waals surface area contributed by atoms with E-state index in [0.29, 0.717) is 17.1 Å². The zero-order valence-corrected chi connectivity index (χ0v) is 20.1. The van der Waals surface area contributed by atoms with Crippen LogP contribution in [0.3, 0.4) is 0 Å². The first kappa shape index (κ1) is 26.9. The van der Waals surface area contributed by atoms with Crippen LogP contribution in [0, 0.1) is 5.82 Å². The zero-order valence-electron chi connectivity index (χ0n) is 16.9. The average Bonchev–Trinajstić information content (AvgIpc) is 2.72. The first-order chi connectivity index (χ1) is 13.7. The molecule has 30 heavy (non-hydrogen) atoms. The second-order valence-electron chi connectivity index (χ2n) is 6.62. The Labute approximate surface area is 198 Å². The molecule has 0 aliphatic carbocycles. The van der Waals surface area contributed by atoms with Crippen LogP contribution in [0.25, 0.3) is 0 Å². The van der Waals surface area contributed by atoms with Crippen LogP contribution in [-0.4, -0.2) is 51.4 Å². The van der Waals surface area contributed by atoms with Crippen molar-refractivity contribution in [2.45, 2.75) is 13.2 Å². The van der Waals surface area contributed by atoms with Crippen LogP contribution in [0.15, 0.2) is 40.9 Å². The summed E-state index contributed by atoms with van der Waals surface area (Å²) in [5.41, 5.74) is 1.59. The summed E-state index contributed by atoms with van der Waals surface area (Å²) >= 11 is 3.55. The van der Waals surface area contributed by atoms with Gasteiger partial charge in [-0.05, 0) is 39.7 Å². The smallest absolute Gasteiger partial charge is 0.175 e. The van der Waals surface area contributed by atoms with E-state index in [2.05, 4.69) is 26.1 Å². The van der Waals surface area contributed by atoms with Gasteiger partial charge in [0.1, 0.15) is 12.4 Å². The highest BCUT2D eigenvalue weighted by atomic mass is 79.9. The van der Waals surface area contributed by atoms with Gasteiger partial charge in [0.25, 0.3) is 0 Å². The summed E-state index contributed by atoms with van der Waals surface area (Å²) in [7, 11) is 1.60. The minimum atomic E-state index is -0.279. The Morgan fingerprint density at radius 3 is 2.60 bits per heavy atom. The highest BCUT2D eigenvalue weighted by Gasteiger charge is 2.13. The van der Waals surface area contributed by atoms with E-state index in [4.69, 9.17) is 14.2 Å². The van der Waals surface area contributed by atoms with Gasteiger partial charge in [-0.25, -0.2) is 4.39 Å². The van der Waals surface area contributed by atoms with Crippen molar-refractivity contribution in [2.75, 3.05) is 46.5 Å². The minimum absolute atomic E-state index is 0. The maximum Gasteiger partial charge on any atom is 0.175 e. The van der Waals surface area contributed by atoms with Gasteiger partial charge in [0.05, 0.1) is 24.8 Å². The molecule has 0 amide bonds. The van der Waals surface area contributed by atoms with Crippen LogP contribution in [0.1, 0.15) is 11.1 Å². The lowest BCUT2D eigenvalue weighted by atomic mass is 10.2. The fourth-order valence-corrected chi connectivity index (χ4v) is 3.68. The maximum absolute atomic E-state index is 13.8. The molecule has 0 saturated carbocycles. The number of benzene rings is 2. The highest BCUT2D eigenvalue weighted by Crippen LogP contribution is 2.37. The monoisotopic (exact) mass is 524 g/mol. The number of hydrogen-bond donors (Lipinski definition) is 1. The molecule has 0 radical (unpaired) electrons. The minimum Gasteiger partial charge on any atom is -0.493 e. The van der Waals surface area contributed by atoms with E-state index in [-0.39, 0.29) is 37.2 Å². The molecule has 0 unspecified atom stereocenters. The first-order valence-electron chi connectivity index (χ1n) is 9.41. The largest absolute Gasteiger partial charge is 0.493 e. The van der Waals surface area contributed by atoms with Crippen molar-refractivity contribution < 1.29 is 18.6 Å². The maximum atomic E-state index is 13.8. The van der Waals surface area contributed by atoms with Gasteiger partial charge in [-0.1, -0.05) is 18.2 Å². The summed E-state index contributed by atoms with van der Waals surface area (Å²) in [4.78, 5) is 2.40. The van der Waals surface area contributed by atoms with E-state index in [1.807, 2.05) is 12.1 Å². The van der Waals surface area contributed by atoms with Crippen molar-refractivity contribution in [1.29, 1.82) is 0 Å². The SMILES string of the molecule is COc1cc(CNCCN2CCOCC2)cc(Br)c1OCc1ccccc1F.Cl.Cl. The predicted octanol–water partition coefficient (Wildman–Crippen LogP) is 4.44. The third kappa shape index (κ3) is 7.87. The normalized spacial score (nSPS) is 13.8. The summed E-state index contributed by atoms with van der Waals surface area (Å²) in [6, 6.07) is 10.5. The molecule has 9 heteroatoms. The fraction of sp³-hybridized carbons (Fsp3) is 0.429. The average molecular weight is 526 g/mol. The summed E-state index contributed by atoms with van der Waals surface area (Å²) in [6.07, 6.45) is 0. The Morgan fingerprint density at radius 2 is 1.90 bits per heavy atom. The van der Waals surface area contributed by atoms with Gasteiger partial charge in [-0.15, -0.1) is 24.8 Å². The Morgan fingerprint density at radius 1 is 1.17 bits per heavy atom. The molecule has 0 atom stereocenters. The lowest BCUT2D eigenvalue weighted by Crippen LogP contribution is -2.40. The van der Waals surface area contributed by atoms with Gasteiger partial charge in [-0.3, -0.25) is 4.90 Å². The van der Waals surface area contributed by atoms with E-state index in [0.717, 1.165) is 56.0 Å². The van der Waals surface area contributed by atoms with Gasteiger partial charge >= 0.3 is 0 Å². The molecular formula is C21H28BrCl2FN2O3. The van der Waals surface area contributed by atoms with Crippen molar-refractivity contribution in [3.05, 3.63) is 57.8 Å². The van der Waals surface area contributed by atoms with Gasteiger partial charge in [0.2, 0.25) is 0 Å². The zero-order chi connectivity index (χ0) is 19.8. The summed E-state index contributed by atoms with van der Waals surface area (Å²) in [5.74, 6) is 0.914. The van der Waals surface area contributed by atoms with Crippen molar-refractivity contribution >= 4 is 40.7 Å². The Bertz CT molecular complexity index is 780. The molecule has 2 aromatic rings. The van der Waals surface area contributed by atoms with Crippen molar-refractivity contribution in [3.8, 4) is 11.5 Å². The standard InChI is InChI=1S/C21H26BrFN2O3.2ClH/c1-26-20-13-16(14-24-6-7-25-8-10-27-11-9-25)12-18(22)21(20)28-15-17-4-2-3-5-19(17)23;;/h2-5,12-13,24H,6-11,14-15H2,1H3;2*1H. The van der Waals surface area contributed by atoms with E-state index in [1.165, 1.54) is 6.07 Å². The molecule has 0 aromatic heterocycles. The molecule has 1 N–H and O–H groups in total. The molecule has 2 aromatic carbocycles.